The van der Waals surface area contributed by atoms with E-state index in [0.29, 0.717) is 46.0 Å². The van der Waals surface area contributed by atoms with E-state index in [2.05, 4.69) is 41.8 Å². The number of primary sulfonamides is 1. The SMILES string of the molecule is COCCOc1cccc(-n2c(C)cc(-c3nc4ncc(Br)c(Nc5cccc(S(N)(=O)=O)c5)c4[nH]3)c2C)c1. The number of rotatable bonds is 9. The first-order valence-electron chi connectivity index (χ1n) is 12.0. The summed E-state index contributed by atoms with van der Waals surface area (Å²) < 4.78 is 37.3. The summed E-state index contributed by atoms with van der Waals surface area (Å²) in [6, 6.07) is 16.3. The van der Waals surface area contributed by atoms with Crippen molar-refractivity contribution in [2.75, 3.05) is 25.6 Å². The number of H-pyrrole nitrogens is 1. The zero-order valence-electron chi connectivity index (χ0n) is 21.5. The third kappa shape index (κ3) is 5.55. The van der Waals surface area contributed by atoms with Crippen LogP contribution < -0.4 is 15.2 Å². The highest BCUT2D eigenvalue weighted by Crippen LogP contribution is 2.35. The molecule has 10 nitrogen and oxygen atoms in total. The Hall–Kier alpha value is -3.71. The lowest BCUT2D eigenvalue weighted by Gasteiger charge is -2.12. The quantitative estimate of drug-likeness (QED) is 0.195. The highest BCUT2D eigenvalue weighted by atomic mass is 79.9. The number of methoxy groups -OCH3 is 1. The summed E-state index contributed by atoms with van der Waals surface area (Å²) in [6.45, 7) is 5.06. The fourth-order valence-electron chi connectivity index (χ4n) is 4.43. The molecule has 0 atom stereocenters. The highest BCUT2D eigenvalue weighted by Gasteiger charge is 2.19. The van der Waals surface area contributed by atoms with Gasteiger partial charge in [-0.05, 0) is 66.2 Å². The average molecular weight is 612 g/mol. The Morgan fingerprint density at radius 3 is 2.67 bits per heavy atom. The molecule has 0 radical (unpaired) electrons. The number of hydrogen-bond donors (Lipinski definition) is 3. The second-order valence-electron chi connectivity index (χ2n) is 8.92. The van der Waals surface area contributed by atoms with Crippen LogP contribution in [-0.2, 0) is 14.8 Å². The van der Waals surface area contributed by atoms with Crippen molar-refractivity contribution >= 4 is 48.5 Å². The number of imidazole rings is 1. The summed E-state index contributed by atoms with van der Waals surface area (Å²) in [7, 11) is -2.20. The molecule has 0 aliphatic carbocycles. The number of aromatic nitrogens is 4. The Kier molecular flexibility index (Phi) is 7.45. The summed E-state index contributed by atoms with van der Waals surface area (Å²) >= 11 is 3.55. The number of nitrogens with zero attached hydrogens (tertiary/aromatic N) is 3. The molecule has 0 aliphatic heterocycles. The van der Waals surface area contributed by atoms with Crippen LogP contribution in [0.5, 0.6) is 5.75 Å². The lowest BCUT2D eigenvalue weighted by molar-refractivity contribution is 0.146. The number of pyridine rings is 1. The standard InChI is InChI=1S/C27H27BrN6O4S/c1-16-12-22(17(2)34(16)19-7-5-8-20(14-19)38-11-10-37-3)26-32-25-24(23(28)15-30-27(25)33-26)31-18-6-4-9-21(13-18)39(29,35)36/h4-9,12-15H,10-11H2,1-3H3,(H2,29,35,36)(H2,30,31,32,33). The first kappa shape index (κ1) is 26.9. The van der Waals surface area contributed by atoms with Crippen molar-refractivity contribution in [2.24, 2.45) is 5.14 Å². The van der Waals surface area contributed by atoms with Crippen LogP contribution in [0, 0.1) is 13.8 Å². The first-order valence-corrected chi connectivity index (χ1v) is 14.3. The van der Waals surface area contributed by atoms with Gasteiger partial charge in [-0.1, -0.05) is 12.1 Å². The third-order valence-corrected chi connectivity index (χ3v) is 7.74. The van der Waals surface area contributed by atoms with Gasteiger partial charge >= 0.3 is 0 Å². The van der Waals surface area contributed by atoms with Gasteiger partial charge in [0.25, 0.3) is 0 Å². The average Bonchev–Trinajstić information content (AvgIpc) is 3.46. The van der Waals surface area contributed by atoms with Gasteiger partial charge in [-0.25, -0.2) is 23.5 Å². The van der Waals surface area contributed by atoms with Crippen molar-refractivity contribution in [1.29, 1.82) is 0 Å². The Bertz CT molecular complexity index is 1780. The number of aromatic amines is 1. The molecule has 5 aromatic rings. The highest BCUT2D eigenvalue weighted by molar-refractivity contribution is 9.10. The number of halogens is 1. The van der Waals surface area contributed by atoms with E-state index in [1.807, 2.05) is 38.1 Å². The van der Waals surface area contributed by atoms with Crippen LogP contribution in [0.2, 0.25) is 0 Å². The number of anilines is 2. The van der Waals surface area contributed by atoms with Crippen LogP contribution in [0.3, 0.4) is 0 Å². The first-order chi connectivity index (χ1) is 18.7. The summed E-state index contributed by atoms with van der Waals surface area (Å²) in [5.74, 6) is 1.42. The second kappa shape index (κ2) is 10.8. The van der Waals surface area contributed by atoms with Crippen molar-refractivity contribution in [3.63, 3.8) is 0 Å². The summed E-state index contributed by atoms with van der Waals surface area (Å²) in [5, 5.41) is 8.58. The van der Waals surface area contributed by atoms with Gasteiger partial charge in [0, 0.05) is 47.7 Å². The maximum absolute atomic E-state index is 11.8. The number of hydrogen-bond acceptors (Lipinski definition) is 7. The molecule has 0 saturated heterocycles. The predicted molar refractivity (Wildman–Crippen MR) is 154 cm³/mol. The number of nitrogens with one attached hydrogen (secondary N) is 2. The number of sulfonamides is 1. The molecule has 4 N–H and O–H groups in total. The summed E-state index contributed by atoms with van der Waals surface area (Å²) in [5.41, 5.74) is 6.32. The normalized spacial score (nSPS) is 11.7. The Balaban J connectivity index is 1.52. The molecule has 0 aliphatic rings. The molecule has 3 aromatic heterocycles. The fourth-order valence-corrected chi connectivity index (χ4v) is 5.39. The monoisotopic (exact) mass is 610 g/mol. The van der Waals surface area contributed by atoms with Crippen molar-refractivity contribution in [3.8, 4) is 22.8 Å². The molecular weight excluding hydrogens is 584 g/mol. The van der Waals surface area contributed by atoms with E-state index in [0.717, 1.165) is 28.4 Å². The number of nitrogens with two attached hydrogens (primary N) is 1. The van der Waals surface area contributed by atoms with Crippen LogP contribution in [0.25, 0.3) is 28.2 Å². The molecule has 12 heteroatoms. The molecular formula is C27H27BrN6O4S. The zero-order valence-corrected chi connectivity index (χ0v) is 23.9. The van der Waals surface area contributed by atoms with Crippen LogP contribution >= 0.6 is 15.9 Å². The molecule has 0 amide bonds. The van der Waals surface area contributed by atoms with Gasteiger partial charge in [0.05, 0.1) is 21.7 Å². The second-order valence-corrected chi connectivity index (χ2v) is 11.3. The summed E-state index contributed by atoms with van der Waals surface area (Å²) in [4.78, 5) is 12.7. The Morgan fingerprint density at radius 1 is 1.10 bits per heavy atom. The minimum atomic E-state index is -3.84. The smallest absolute Gasteiger partial charge is 0.238 e. The zero-order chi connectivity index (χ0) is 27.7. The van der Waals surface area contributed by atoms with Gasteiger partial charge in [-0.3, -0.25) is 0 Å². The van der Waals surface area contributed by atoms with E-state index in [9.17, 15) is 8.42 Å². The lowest BCUT2D eigenvalue weighted by atomic mass is 10.2. The van der Waals surface area contributed by atoms with E-state index in [1.165, 1.54) is 12.1 Å². The maximum atomic E-state index is 11.8. The molecule has 39 heavy (non-hydrogen) atoms. The number of ether oxygens (including phenoxy) is 2. The minimum absolute atomic E-state index is 0.0137. The van der Waals surface area contributed by atoms with Crippen LogP contribution in [-0.4, -0.2) is 48.3 Å². The van der Waals surface area contributed by atoms with Gasteiger partial charge in [-0.15, -0.1) is 0 Å². The van der Waals surface area contributed by atoms with Gasteiger partial charge in [0.2, 0.25) is 10.0 Å². The Morgan fingerprint density at radius 2 is 1.90 bits per heavy atom. The topological polar surface area (TPSA) is 137 Å². The molecule has 0 spiro atoms. The molecule has 2 aromatic carbocycles. The number of benzene rings is 2. The van der Waals surface area contributed by atoms with Crippen molar-refractivity contribution in [2.45, 2.75) is 18.7 Å². The van der Waals surface area contributed by atoms with Gasteiger partial charge in [-0.2, -0.15) is 0 Å². The van der Waals surface area contributed by atoms with Crippen molar-refractivity contribution in [1.82, 2.24) is 19.5 Å². The molecule has 0 bridgehead atoms. The van der Waals surface area contributed by atoms with Crippen LogP contribution in [0.4, 0.5) is 11.4 Å². The van der Waals surface area contributed by atoms with Crippen molar-refractivity contribution < 1.29 is 17.9 Å². The largest absolute Gasteiger partial charge is 0.491 e. The van der Waals surface area contributed by atoms with Gasteiger partial charge in [0.1, 0.15) is 23.7 Å². The van der Waals surface area contributed by atoms with Crippen molar-refractivity contribution in [3.05, 3.63) is 76.7 Å². The van der Waals surface area contributed by atoms with E-state index in [4.69, 9.17) is 19.6 Å². The molecule has 202 valence electrons. The van der Waals surface area contributed by atoms with E-state index in [1.54, 1.807) is 25.4 Å². The van der Waals surface area contributed by atoms with E-state index >= 15 is 0 Å². The molecule has 0 unspecified atom stereocenters. The molecule has 0 saturated carbocycles. The van der Waals surface area contributed by atoms with E-state index in [-0.39, 0.29) is 4.90 Å². The lowest BCUT2D eigenvalue weighted by Crippen LogP contribution is -2.12. The van der Waals surface area contributed by atoms with E-state index < -0.39 is 10.0 Å². The molecule has 3 heterocycles. The molecule has 5 rings (SSSR count). The van der Waals surface area contributed by atoms with Gasteiger partial charge < -0.3 is 24.3 Å². The van der Waals surface area contributed by atoms with Crippen LogP contribution in [0.15, 0.2) is 70.2 Å². The number of fused-ring (bicyclic) bond motifs is 1. The number of aryl methyl sites for hydroxylation is 1. The Labute approximate surface area is 234 Å². The maximum Gasteiger partial charge on any atom is 0.238 e. The molecule has 0 fully saturated rings. The predicted octanol–water partition coefficient (Wildman–Crippen LogP) is 5.21. The van der Waals surface area contributed by atoms with Crippen LogP contribution in [0.1, 0.15) is 11.4 Å². The fraction of sp³-hybridized carbons (Fsp3) is 0.185. The third-order valence-electron chi connectivity index (χ3n) is 6.22. The minimum Gasteiger partial charge on any atom is -0.491 e. The summed E-state index contributed by atoms with van der Waals surface area (Å²) in [6.07, 6.45) is 1.65. The van der Waals surface area contributed by atoms with Gasteiger partial charge in [0.15, 0.2) is 5.65 Å².